The molecule has 1 aromatic heterocycles. The number of hydrogen-bond donors (Lipinski definition) is 2. The molecule has 1 saturated carbocycles. The van der Waals surface area contributed by atoms with Gasteiger partial charge in [-0.1, -0.05) is 26.7 Å². The SMILES string of the molecule is CCNCCc1ccc(S(=O)(=O)NCC2(C)CCCC2)s1. The van der Waals surface area contributed by atoms with Crippen LogP contribution < -0.4 is 10.0 Å². The fraction of sp³-hybridized carbons (Fsp3) is 0.733. The van der Waals surface area contributed by atoms with Gasteiger partial charge in [-0.15, -0.1) is 11.3 Å². The number of hydrogen-bond acceptors (Lipinski definition) is 4. The summed E-state index contributed by atoms with van der Waals surface area (Å²) in [6.45, 7) is 6.63. The van der Waals surface area contributed by atoms with E-state index in [4.69, 9.17) is 0 Å². The first-order valence-electron chi connectivity index (χ1n) is 7.74. The molecule has 0 aromatic carbocycles. The summed E-state index contributed by atoms with van der Waals surface area (Å²) >= 11 is 1.38. The molecule has 120 valence electrons. The molecule has 0 radical (unpaired) electrons. The summed E-state index contributed by atoms with van der Waals surface area (Å²) in [4.78, 5) is 1.11. The van der Waals surface area contributed by atoms with Gasteiger partial charge in [-0.3, -0.25) is 0 Å². The van der Waals surface area contributed by atoms with Crippen LogP contribution in [0.2, 0.25) is 0 Å². The van der Waals surface area contributed by atoms with Crippen LogP contribution in [0, 0.1) is 5.41 Å². The number of nitrogens with one attached hydrogen (secondary N) is 2. The van der Waals surface area contributed by atoms with Crippen molar-refractivity contribution >= 4 is 21.4 Å². The van der Waals surface area contributed by atoms with Gasteiger partial charge in [0.05, 0.1) is 0 Å². The molecule has 6 heteroatoms. The Kier molecular flexibility index (Phi) is 5.82. The quantitative estimate of drug-likeness (QED) is 0.721. The van der Waals surface area contributed by atoms with Crippen LogP contribution in [0.15, 0.2) is 16.3 Å². The second kappa shape index (κ2) is 7.22. The molecule has 1 heterocycles. The van der Waals surface area contributed by atoms with Crippen molar-refractivity contribution in [3.8, 4) is 0 Å². The summed E-state index contributed by atoms with van der Waals surface area (Å²) in [6, 6.07) is 3.65. The van der Waals surface area contributed by atoms with Crippen LogP contribution in [0.4, 0.5) is 0 Å². The van der Waals surface area contributed by atoms with E-state index in [1.165, 1.54) is 24.2 Å². The van der Waals surface area contributed by atoms with Gasteiger partial charge in [0.25, 0.3) is 0 Å². The minimum atomic E-state index is -3.35. The van der Waals surface area contributed by atoms with E-state index in [1.54, 1.807) is 6.07 Å². The highest BCUT2D eigenvalue weighted by Crippen LogP contribution is 2.37. The van der Waals surface area contributed by atoms with Gasteiger partial charge in [-0.2, -0.15) is 0 Å². The molecular weight excluding hydrogens is 304 g/mol. The molecule has 0 unspecified atom stereocenters. The van der Waals surface area contributed by atoms with Crippen molar-refractivity contribution in [2.75, 3.05) is 19.6 Å². The van der Waals surface area contributed by atoms with Crippen LogP contribution in [0.1, 0.15) is 44.4 Å². The van der Waals surface area contributed by atoms with E-state index in [9.17, 15) is 8.42 Å². The number of sulfonamides is 1. The van der Waals surface area contributed by atoms with Crippen LogP contribution in [-0.4, -0.2) is 28.1 Å². The lowest BCUT2D eigenvalue weighted by molar-refractivity contribution is 0.336. The largest absolute Gasteiger partial charge is 0.317 e. The molecule has 1 aromatic rings. The molecule has 1 fully saturated rings. The van der Waals surface area contributed by atoms with Gasteiger partial charge < -0.3 is 5.32 Å². The molecule has 4 nitrogen and oxygen atoms in total. The Bertz CT molecular complexity index is 546. The second-order valence-corrected chi connectivity index (χ2v) is 9.33. The Morgan fingerprint density at radius 2 is 2.00 bits per heavy atom. The van der Waals surface area contributed by atoms with Gasteiger partial charge in [-0.05, 0) is 49.9 Å². The summed E-state index contributed by atoms with van der Waals surface area (Å²) < 4.78 is 28.0. The van der Waals surface area contributed by atoms with E-state index < -0.39 is 10.0 Å². The molecule has 2 N–H and O–H groups in total. The van der Waals surface area contributed by atoms with Gasteiger partial charge in [-0.25, -0.2) is 13.1 Å². The third kappa shape index (κ3) is 4.77. The summed E-state index contributed by atoms with van der Waals surface area (Å²) in [5.74, 6) is 0. The maximum atomic E-state index is 12.4. The van der Waals surface area contributed by atoms with Crippen LogP contribution >= 0.6 is 11.3 Å². The van der Waals surface area contributed by atoms with Gasteiger partial charge in [0.15, 0.2) is 0 Å². The summed E-state index contributed by atoms with van der Waals surface area (Å²) in [7, 11) is -3.35. The van der Waals surface area contributed by atoms with Crippen LogP contribution in [-0.2, 0) is 16.4 Å². The summed E-state index contributed by atoms with van der Waals surface area (Å²) in [6.07, 6.45) is 5.55. The third-order valence-electron chi connectivity index (χ3n) is 4.20. The van der Waals surface area contributed by atoms with E-state index in [-0.39, 0.29) is 5.41 Å². The normalized spacial score (nSPS) is 18.2. The predicted molar refractivity (Wildman–Crippen MR) is 88.3 cm³/mol. The Morgan fingerprint density at radius 3 is 2.67 bits per heavy atom. The Labute approximate surface area is 132 Å². The maximum Gasteiger partial charge on any atom is 0.250 e. The molecule has 1 aliphatic rings. The van der Waals surface area contributed by atoms with Crippen molar-refractivity contribution in [2.24, 2.45) is 5.41 Å². The molecule has 21 heavy (non-hydrogen) atoms. The van der Waals surface area contributed by atoms with E-state index >= 15 is 0 Å². The zero-order chi connectivity index (χ0) is 15.3. The highest BCUT2D eigenvalue weighted by atomic mass is 32.2. The van der Waals surface area contributed by atoms with Crippen molar-refractivity contribution < 1.29 is 8.42 Å². The number of thiophene rings is 1. The van der Waals surface area contributed by atoms with Crippen molar-refractivity contribution in [2.45, 2.75) is 50.2 Å². The van der Waals surface area contributed by atoms with E-state index in [0.717, 1.165) is 37.2 Å². The number of rotatable bonds is 8. The zero-order valence-electron chi connectivity index (χ0n) is 12.9. The van der Waals surface area contributed by atoms with Gasteiger partial charge >= 0.3 is 0 Å². The molecule has 0 aliphatic heterocycles. The average Bonchev–Trinajstić information content (AvgIpc) is 3.07. The lowest BCUT2D eigenvalue weighted by Gasteiger charge is -2.23. The van der Waals surface area contributed by atoms with Gasteiger partial charge in [0, 0.05) is 11.4 Å². The second-order valence-electron chi connectivity index (χ2n) is 6.17. The van der Waals surface area contributed by atoms with E-state index in [2.05, 4.69) is 23.9 Å². The standard InChI is InChI=1S/C15H26N2O2S2/c1-3-16-11-8-13-6-7-14(20-13)21(18,19)17-12-15(2)9-4-5-10-15/h6-7,16-17H,3-5,8-12H2,1-2H3. The molecule has 0 atom stereocenters. The molecule has 0 amide bonds. The first-order valence-corrected chi connectivity index (χ1v) is 10.0. The lowest BCUT2D eigenvalue weighted by atomic mass is 9.89. The van der Waals surface area contributed by atoms with Gasteiger partial charge in [0.1, 0.15) is 4.21 Å². The minimum Gasteiger partial charge on any atom is -0.317 e. The molecule has 0 spiro atoms. The van der Waals surface area contributed by atoms with Crippen LogP contribution in [0.5, 0.6) is 0 Å². The minimum absolute atomic E-state index is 0.137. The van der Waals surface area contributed by atoms with Crippen LogP contribution in [0.25, 0.3) is 0 Å². The first-order chi connectivity index (χ1) is 9.95. The molecular formula is C15H26N2O2S2. The molecule has 0 bridgehead atoms. The van der Waals surface area contributed by atoms with Crippen LogP contribution in [0.3, 0.4) is 0 Å². The highest BCUT2D eigenvalue weighted by molar-refractivity contribution is 7.91. The Balaban J connectivity index is 1.92. The first kappa shape index (κ1) is 16.9. The Hall–Kier alpha value is -0.430. The third-order valence-corrected chi connectivity index (χ3v) is 7.24. The van der Waals surface area contributed by atoms with Gasteiger partial charge in [0.2, 0.25) is 10.0 Å². The topological polar surface area (TPSA) is 58.2 Å². The maximum absolute atomic E-state index is 12.4. The smallest absolute Gasteiger partial charge is 0.250 e. The Morgan fingerprint density at radius 1 is 1.29 bits per heavy atom. The van der Waals surface area contributed by atoms with Crippen molar-refractivity contribution in [3.05, 3.63) is 17.0 Å². The average molecular weight is 331 g/mol. The molecule has 0 saturated heterocycles. The monoisotopic (exact) mass is 330 g/mol. The number of likely N-dealkylation sites (N-methyl/N-ethyl adjacent to an activating group) is 1. The zero-order valence-corrected chi connectivity index (χ0v) is 14.6. The highest BCUT2D eigenvalue weighted by Gasteiger charge is 2.30. The lowest BCUT2D eigenvalue weighted by Crippen LogP contribution is -2.33. The molecule has 1 aliphatic carbocycles. The van der Waals surface area contributed by atoms with Crippen molar-refractivity contribution in [1.82, 2.24) is 10.0 Å². The fourth-order valence-electron chi connectivity index (χ4n) is 2.77. The fourth-order valence-corrected chi connectivity index (χ4v) is 5.37. The molecule has 2 rings (SSSR count). The van der Waals surface area contributed by atoms with E-state index in [1.807, 2.05) is 6.07 Å². The van der Waals surface area contributed by atoms with Crippen molar-refractivity contribution in [1.29, 1.82) is 0 Å². The van der Waals surface area contributed by atoms with Crippen molar-refractivity contribution in [3.63, 3.8) is 0 Å². The van der Waals surface area contributed by atoms with E-state index in [0.29, 0.717) is 10.8 Å². The summed E-state index contributed by atoms with van der Waals surface area (Å²) in [5, 5.41) is 3.25. The predicted octanol–water partition coefficient (Wildman–Crippen LogP) is 2.76. The summed E-state index contributed by atoms with van der Waals surface area (Å²) in [5.41, 5.74) is 0.137.